The van der Waals surface area contributed by atoms with E-state index < -0.39 is 23.5 Å². The summed E-state index contributed by atoms with van der Waals surface area (Å²) in [6, 6.07) is 13.9. The molecule has 254 valence electrons. The van der Waals surface area contributed by atoms with Gasteiger partial charge in [0, 0.05) is 31.0 Å². The van der Waals surface area contributed by atoms with Crippen molar-refractivity contribution in [2.75, 3.05) is 25.0 Å². The normalized spacial score (nSPS) is 14.1. The predicted octanol–water partition coefficient (Wildman–Crippen LogP) is 3.69. The van der Waals surface area contributed by atoms with E-state index >= 15 is 0 Å². The van der Waals surface area contributed by atoms with Gasteiger partial charge in [0.1, 0.15) is 0 Å². The molecule has 5 rings (SSSR count). The van der Waals surface area contributed by atoms with Gasteiger partial charge in [-0.3, -0.25) is 19.4 Å². The lowest BCUT2D eigenvalue weighted by atomic mass is 9.93. The quantitative estimate of drug-likeness (QED) is 0.146. The van der Waals surface area contributed by atoms with E-state index in [1.54, 1.807) is 33.8 Å². The SMILES string of the molecule is CCCCN(CCCC)C(=O)c1cc(C)n(-c2ccc(NC(=O)Cc3[nH]c(=O)[nH]c3O)cc2C(=O)N2Cc3ccccc3CC2CO)n1. The summed E-state index contributed by atoms with van der Waals surface area (Å²) in [5.41, 5.74) is 3.27. The summed E-state index contributed by atoms with van der Waals surface area (Å²) in [7, 11) is 0. The second kappa shape index (κ2) is 15.2. The van der Waals surface area contributed by atoms with Gasteiger partial charge in [-0.1, -0.05) is 51.0 Å². The summed E-state index contributed by atoms with van der Waals surface area (Å²) in [5.74, 6) is -1.51. The summed E-state index contributed by atoms with van der Waals surface area (Å²) in [6.07, 6.45) is 3.84. The summed E-state index contributed by atoms with van der Waals surface area (Å²) in [4.78, 5) is 60.5. The number of rotatable bonds is 13. The number of anilines is 1. The number of imidazole rings is 1. The molecule has 0 saturated heterocycles. The predicted molar refractivity (Wildman–Crippen MR) is 180 cm³/mol. The first kappa shape index (κ1) is 34.2. The minimum atomic E-state index is -0.639. The zero-order chi connectivity index (χ0) is 34.4. The first-order valence-electron chi connectivity index (χ1n) is 16.4. The zero-order valence-electron chi connectivity index (χ0n) is 27.6. The number of hydrogen-bond donors (Lipinski definition) is 5. The molecule has 0 spiro atoms. The van der Waals surface area contributed by atoms with Crippen LogP contribution in [0.5, 0.6) is 5.88 Å². The van der Waals surface area contributed by atoms with E-state index in [1.165, 1.54) is 0 Å². The lowest BCUT2D eigenvalue weighted by molar-refractivity contribution is -0.115. The Morgan fingerprint density at radius 1 is 1.02 bits per heavy atom. The number of aryl methyl sites for hydroxylation is 1. The molecule has 1 aliphatic rings. The van der Waals surface area contributed by atoms with Gasteiger partial charge >= 0.3 is 5.69 Å². The molecule has 48 heavy (non-hydrogen) atoms. The van der Waals surface area contributed by atoms with Crippen LogP contribution in [0.3, 0.4) is 0 Å². The van der Waals surface area contributed by atoms with Crippen LogP contribution in [-0.2, 0) is 24.2 Å². The smallest absolute Gasteiger partial charge is 0.325 e. The largest absolute Gasteiger partial charge is 0.493 e. The number of unbranched alkanes of at least 4 members (excludes halogenated alkanes) is 2. The molecule has 1 aliphatic heterocycles. The summed E-state index contributed by atoms with van der Waals surface area (Å²) < 4.78 is 1.57. The number of hydrogen-bond acceptors (Lipinski definition) is 7. The molecule has 5 N–H and O–H groups in total. The van der Waals surface area contributed by atoms with Crippen LogP contribution in [-0.4, -0.2) is 83.2 Å². The number of benzene rings is 2. The molecule has 1 atom stereocenters. The van der Waals surface area contributed by atoms with Gasteiger partial charge in [0.25, 0.3) is 11.8 Å². The van der Waals surface area contributed by atoms with E-state index in [0.29, 0.717) is 36.6 Å². The molecule has 0 radical (unpaired) electrons. The number of carbonyl (C=O) groups is 3. The van der Waals surface area contributed by atoms with Gasteiger partial charge in [-0.2, -0.15) is 5.10 Å². The molecule has 1 unspecified atom stereocenters. The van der Waals surface area contributed by atoms with E-state index in [-0.39, 0.29) is 48.3 Å². The van der Waals surface area contributed by atoms with E-state index in [4.69, 9.17) is 5.10 Å². The Labute approximate surface area is 278 Å². The highest BCUT2D eigenvalue weighted by Crippen LogP contribution is 2.29. The van der Waals surface area contributed by atoms with Crippen LogP contribution >= 0.6 is 0 Å². The number of aromatic amines is 2. The van der Waals surface area contributed by atoms with Gasteiger partial charge in [-0.25, -0.2) is 9.48 Å². The van der Waals surface area contributed by atoms with Crippen molar-refractivity contribution in [3.05, 3.63) is 92.8 Å². The van der Waals surface area contributed by atoms with Crippen LogP contribution in [0.4, 0.5) is 5.69 Å². The maximum absolute atomic E-state index is 14.5. The van der Waals surface area contributed by atoms with Crippen LogP contribution < -0.4 is 11.0 Å². The molecule has 0 fully saturated rings. The molecule has 0 saturated carbocycles. The Balaban J connectivity index is 1.52. The number of H-pyrrole nitrogens is 2. The first-order chi connectivity index (χ1) is 23.1. The molecule has 3 heterocycles. The minimum Gasteiger partial charge on any atom is -0.493 e. The first-order valence-corrected chi connectivity index (χ1v) is 16.4. The Hall–Kier alpha value is -5.17. The molecule has 3 amide bonds. The number of aliphatic hydroxyl groups excluding tert-OH is 1. The third kappa shape index (κ3) is 7.52. The fourth-order valence-electron chi connectivity index (χ4n) is 6.01. The second-order valence-corrected chi connectivity index (χ2v) is 12.2. The number of amides is 3. The number of nitrogens with zero attached hydrogens (tertiary/aromatic N) is 4. The molecule has 13 heteroatoms. The Kier molecular flexibility index (Phi) is 10.8. The van der Waals surface area contributed by atoms with Gasteiger partial charge in [0.15, 0.2) is 5.69 Å². The Morgan fingerprint density at radius 2 is 1.73 bits per heavy atom. The van der Waals surface area contributed by atoms with Crippen LogP contribution in [0.25, 0.3) is 5.69 Å². The van der Waals surface area contributed by atoms with Crippen molar-refractivity contribution < 1.29 is 24.6 Å². The number of aromatic hydroxyl groups is 1. The molecule has 4 aromatic rings. The van der Waals surface area contributed by atoms with Gasteiger partial charge in [0.2, 0.25) is 11.8 Å². The van der Waals surface area contributed by atoms with Crippen LogP contribution in [0.15, 0.2) is 53.3 Å². The van der Waals surface area contributed by atoms with Crippen molar-refractivity contribution >= 4 is 23.4 Å². The van der Waals surface area contributed by atoms with E-state index in [9.17, 15) is 29.4 Å². The molecule has 0 aliphatic carbocycles. The Morgan fingerprint density at radius 3 is 2.38 bits per heavy atom. The van der Waals surface area contributed by atoms with E-state index in [2.05, 4.69) is 29.1 Å². The standard InChI is InChI=1S/C35H43N7O6/c1-4-6-14-40(15-7-5-2)34(47)29-16-22(3)42(39-29)30-13-12-25(36-31(44)19-28-32(45)38-35(48)37-28)18-27(30)33(46)41-20-24-11-9-8-10-23(24)17-26(41)21-43/h8-13,16,18,26,43,45H,4-7,14-15,17,19-21H2,1-3H3,(H,36,44)(H2,37,38,48). The second-order valence-electron chi connectivity index (χ2n) is 12.2. The van der Waals surface area contributed by atoms with Crippen molar-refractivity contribution in [1.82, 2.24) is 29.5 Å². The molecule has 13 nitrogen and oxygen atoms in total. The number of carbonyl (C=O) groups excluding carboxylic acids is 3. The summed E-state index contributed by atoms with van der Waals surface area (Å²) in [5, 5.41) is 27.7. The lowest BCUT2D eigenvalue weighted by Gasteiger charge is -2.36. The van der Waals surface area contributed by atoms with E-state index in [1.807, 2.05) is 36.1 Å². The Bertz CT molecular complexity index is 1830. The van der Waals surface area contributed by atoms with Crippen molar-refractivity contribution in [2.45, 2.75) is 71.9 Å². The highest BCUT2D eigenvalue weighted by molar-refractivity contribution is 6.01. The van der Waals surface area contributed by atoms with Crippen molar-refractivity contribution in [2.24, 2.45) is 0 Å². The van der Waals surface area contributed by atoms with Crippen LogP contribution in [0.1, 0.15) is 82.9 Å². The summed E-state index contributed by atoms with van der Waals surface area (Å²) >= 11 is 0. The minimum absolute atomic E-state index is 0.0273. The van der Waals surface area contributed by atoms with Crippen molar-refractivity contribution in [3.8, 4) is 11.6 Å². The number of aliphatic hydroxyl groups is 1. The van der Waals surface area contributed by atoms with Crippen LogP contribution in [0.2, 0.25) is 0 Å². The molecule has 2 aromatic carbocycles. The molecular formula is C35H43N7O6. The highest BCUT2D eigenvalue weighted by Gasteiger charge is 2.32. The van der Waals surface area contributed by atoms with Gasteiger partial charge in [0.05, 0.1) is 36.0 Å². The fourth-order valence-corrected chi connectivity index (χ4v) is 6.01. The van der Waals surface area contributed by atoms with Crippen molar-refractivity contribution in [1.29, 1.82) is 0 Å². The average molecular weight is 658 g/mol. The zero-order valence-corrected chi connectivity index (χ0v) is 27.6. The third-order valence-electron chi connectivity index (χ3n) is 8.64. The topological polar surface area (TPSA) is 177 Å². The molecular weight excluding hydrogens is 614 g/mol. The summed E-state index contributed by atoms with van der Waals surface area (Å²) in [6.45, 7) is 7.28. The fraction of sp³-hybridized carbons (Fsp3) is 0.400. The average Bonchev–Trinajstić information content (AvgIpc) is 3.62. The molecule has 0 bridgehead atoms. The number of fused-ring (bicyclic) bond motifs is 1. The van der Waals surface area contributed by atoms with Gasteiger partial charge < -0.3 is 30.3 Å². The monoisotopic (exact) mass is 657 g/mol. The third-order valence-corrected chi connectivity index (χ3v) is 8.64. The van der Waals surface area contributed by atoms with Crippen molar-refractivity contribution in [3.63, 3.8) is 0 Å². The maximum atomic E-state index is 14.5. The lowest BCUT2D eigenvalue weighted by Crippen LogP contribution is -2.46. The van der Waals surface area contributed by atoms with Gasteiger partial charge in [-0.15, -0.1) is 0 Å². The van der Waals surface area contributed by atoms with Crippen LogP contribution in [0, 0.1) is 6.92 Å². The highest BCUT2D eigenvalue weighted by atomic mass is 16.3. The number of aromatic nitrogens is 4. The maximum Gasteiger partial charge on any atom is 0.325 e. The van der Waals surface area contributed by atoms with Gasteiger partial charge in [-0.05, 0) is 61.6 Å². The van der Waals surface area contributed by atoms with E-state index in [0.717, 1.165) is 36.8 Å². The number of nitrogens with one attached hydrogen (secondary N) is 3. The molecule has 2 aromatic heterocycles.